The summed E-state index contributed by atoms with van der Waals surface area (Å²) in [5.74, 6) is -0.0990. The quantitative estimate of drug-likeness (QED) is 0.747. The van der Waals surface area contributed by atoms with Crippen molar-refractivity contribution in [3.8, 4) is 0 Å². The number of thioether (sulfide) groups is 1. The SMILES string of the molecule is O=C1NC(SCc2ccc(F)cc2Cl)NC2CCN(Cc3ccc(F)cc3)CC12. The van der Waals surface area contributed by atoms with Crippen molar-refractivity contribution in [3.63, 3.8) is 0 Å². The molecule has 0 spiro atoms. The summed E-state index contributed by atoms with van der Waals surface area (Å²) in [5, 5.41) is 6.94. The van der Waals surface area contributed by atoms with E-state index in [1.807, 2.05) is 0 Å². The average Bonchev–Trinajstić information content (AvgIpc) is 2.69. The van der Waals surface area contributed by atoms with Gasteiger partial charge in [-0.3, -0.25) is 15.0 Å². The molecular formula is C21H22ClF2N3OS. The van der Waals surface area contributed by atoms with Crippen LogP contribution in [0.3, 0.4) is 0 Å². The van der Waals surface area contributed by atoms with Crippen molar-refractivity contribution in [2.45, 2.75) is 30.3 Å². The van der Waals surface area contributed by atoms with Crippen molar-refractivity contribution in [2.75, 3.05) is 13.1 Å². The molecule has 0 saturated carbocycles. The number of carbonyl (C=O) groups excluding carboxylic acids is 1. The summed E-state index contributed by atoms with van der Waals surface area (Å²) in [4.78, 5) is 14.9. The molecular weight excluding hydrogens is 416 g/mol. The maximum absolute atomic E-state index is 13.2. The summed E-state index contributed by atoms with van der Waals surface area (Å²) in [5.41, 5.74) is 1.68. The minimum Gasteiger partial charge on any atom is -0.331 e. The zero-order valence-corrected chi connectivity index (χ0v) is 17.3. The molecule has 1 amide bonds. The van der Waals surface area contributed by atoms with E-state index in [4.69, 9.17) is 11.6 Å². The van der Waals surface area contributed by atoms with E-state index in [0.29, 0.717) is 23.9 Å². The molecule has 2 saturated heterocycles. The first-order chi connectivity index (χ1) is 14.0. The van der Waals surface area contributed by atoms with Gasteiger partial charge in [0, 0.05) is 36.5 Å². The van der Waals surface area contributed by atoms with Crippen LogP contribution in [0, 0.1) is 17.6 Å². The van der Waals surface area contributed by atoms with Crippen molar-refractivity contribution in [1.29, 1.82) is 0 Å². The first-order valence-corrected chi connectivity index (χ1v) is 11.0. The standard InChI is InChI=1S/C21H22ClF2N3OS/c22-18-9-16(24)6-3-14(18)12-29-21-25-19-7-8-27(11-17(19)20(28)26-21)10-13-1-4-15(23)5-2-13/h1-6,9,17,19,21,25H,7-8,10-12H2,(H,26,28). The summed E-state index contributed by atoms with van der Waals surface area (Å²) >= 11 is 7.63. The van der Waals surface area contributed by atoms with E-state index < -0.39 is 0 Å². The molecule has 2 aromatic rings. The van der Waals surface area contributed by atoms with Crippen molar-refractivity contribution in [2.24, 2.45) is 5.92 Å². The monoisotopic (exact) mass is 437 g/mol. The molecule has 29 heavy (non-hydrogen) atoms. The molecule has 2 aliphatic heterocycles. The fraction of sp³-hybridized carbons (Fsp3) is 0.381. The lowest BCUT2D eigenvalue weighted by molar-refractivity contribution is -0.130. The van der Waals surface area contributed by atoms with E-state index in [1.54, 1.807) is 18.2 Å². The number of likely N-dealkylation sites (tertiary alicyclic amines) is 1. The van der Waals surface area contributed by atoms with Crippen LogP contribution < -0.4 is 10.6 Å². The molecule has 154 valence electrons. The van der Waals surface area contributed by atoms with Gasteiger partial charge in [-0.2, -0.15) is 0 Å². The van der Waals surface area contributed by atoms with Gasteiger partial charge >= 0.3 is 0 Å². The summed E-state index contributed by atoms with van der Waals surface area (Å²) in [6.45, 7) is 2.25. The van der Waals surface area contributed by atoms with Crippen LogP contribution in [0.2, 0.25) is 5.02 Å². The molecule has 0 aromatic heterocycles. The number of amides is 1. The third-order valence-corrected chi connectivity index (χ3v) is 6.83. The van der Waals surface area contributed by atoms with Gasteiger partial charge in [0.05, 0.1) is 5.92 Å². The molecule has 0 radical (unpaired) electrons. The first kappa shape index (κ1) is 20.6. The Morgan fingerprint density at radius 3 is 2.66 bits per heavy atom. The number of nitrogens with one attached hydrogen (secondary N) is 2. The van der Waals surface area contributed by atoms with Crippen LogP contribution >= 0.6 is 23.4 Å². The molecule has 2 N–H and O–H groups in total. The number of nitrogens with zero attached hydrogens (tertiary/aromatic N) is 1. The highest BCUT2D eigenvalue weighted by Gasteiger charge is 2.39. The van der Waals surface area contributed by atoms with Gasteiger partial charge in [0.15, 0.2) is 0 Å². The maximum Gasteiger partial charge on any atom is 0.227 e. The predicted molar refractivity (Wildman–Crippen MR) is 111 cm³/mol. The molecule has 4 rings (SSSR count). The molecule has 3 unspecified atom stereocenters. The number of carbonyl (C=O) groups is 1. The van der Waals surface area contributed by atoms with Gasteiger partial charge in [0.25, 0.3) is 0 Å². The third-order valence-electron chi connectivity index (χ3n) is 5.41. The Morgan fingerprint density at radius 2 is 1.90 bits per heavy atom. The largest absolute Gasteiger partial charge is 0.331 e. The number of rotatable bonds is 5. The second-order valence-corrected chi connectivity index (χ2v) is 8.97. The molecule has 0 aliphatic carbocycles. The van der Waals surface area contributed by atoms with Crippen LogP contribution in [0.25, 0.3) is 0 Å². The van der Waals surface area contributed by atoms with Crippen LogP contribution in [-0.4, -0.2) is 35.4 Å². The molecule has 2 heterocycles. The van der Waals surface area contributed by atoms with Crippen molar-refractivity contribution < 1.29 is 13.6 Å². The third kappa shape index (κ3) is 5.09. The number of hydrogen-bond acceptors (Lipinski definition) is 4. The molecule has 2 aliphatic rings. The van der Waals surface area contributed by atoms with Gasteiger partial charge in [-0.25, -0.2) is 8.78 Å². The normalized spacial score (nSPS) is 24.8. The van der Waals surface area contributed by atoms with Gasteiger partial charge in [0.2, 0.25) is 5.91 Å². The Hall–Kier alpha value is -1.67. The van der Waals surface area contributed by atoms with Gasteiger partial charge < -0.3 is 5.32 Å². The van der Waals surface area contributed by atoms with Gasteiger partial charge in [0.1, 0.15) is 17.1 Å². The van der Waals surface area contributed by atoms with Gasteiger partial charge in [-0.05, 0) is 41.8 Å². The highest BCUT2D eigenvalue weighted by molar-refractivity contribution is 7.99. The second kappa shape index (κ2) is 9.00. The molecule has 3 atom stereocenters. The van der Waals surface area contributed by atoms with Crippen LogP contribution in [0.4, 0.5) is 8.78 Å². The van der Waals surface area contributed by atoms with Gasteiger partial charge in [-0.1, -0.05) is 29.8 Å². The van der Waals surface area contributed by atoms with E-state index in [2.05, 4.69) is 15.5 Å². The zero-order valence-electron chi connectivity index (χ0n) is 15.7. The van der Waals surface area contributed by atoms with E-state index in [0.717, 1.165) is 24.1 Å². The van der Waals surface area contributed by atoms with E-state index in [1.165, 1.54) is 36.0 Å². The molecule has 4 nitrogen and oxygen atoms in total. The average molecular weight is 438 g/mol. The second-order valence-electron chi connectivity index (χ2n) is 7.47. The summed E-state index contributed by atoms with van der Waals surface area (Å²) in [7, 11) is 0. The maximum atomic E-state index is 13.2. The lowest BCUT2D eigenvalue weighted by Gasteiger charge is -2.43. The number of hydrogen-bond donors (Lipinski definition) is 2. The summed E-state index contributed by atoms with van der Waals surface area (Å²) < 4.78 is 26.3. The van der Waals surface area contributed by atoms with Gasteiger partial charge in [-0.15, -0.1) is 11.8 Å². The zero-order chi connectivity index (χ0) is 20.4. The molecule has 0 bridgehead atoms. The predicted octanol–water partition coefficient (Wildman–Crippen LogP) is 3.75. The fourth-order valence-corrected chi connectivity index (χ4v) is 5.23. The molecule has 2 aromatic carbocycles. The van der Waals surface area contributed by atoms with Crippen LogP contribution in [0.15, 0.2) is 42.5 Å². The van der Waals surface area contributed by atoms with Crippen LogP contribution in [0.5, 0.6) is 0 Å². The van der Waals surface area contributed by atoms with Crippen molar-refractivity contribution in [3.05, 3.63) is 70.2 Å². The fourth-order valence-electron chi connectivity index (χ4n) is 3.85. The molecule has 2 fully saturated rings. The Bertz CT molecular complexity index is 883. The lowest BCUT2D eigenvalue weighted by atomic mass is 9.89. The highest BCUT2D eigenvalue weighted by Crippen LogP contribution is 2.28. The summed E-state index contributed by atoms with van der Waals surface area (Å²) in [6.07, 6.45) is 0.869. The highest BCUT2D eigenvalue weighted by atomic mass is 35.5. The number of benzene rings is 2. The molecule has 8 heteroatoms. The smallest absolute Gasteiger partial charge is 0.227 e. The Labute approximate surface area is 178 Å². The van der Waals surface area contributed by atoms with E-state index >= 15 is 0 Å². The number of halogens is 3. The van der Waals surface area contributed by atoms with Crippen LogP contribution in [0.1, 0.15) is 17.5 Å². The number of piperidine rings is 1. The van der Waals surface area contributed by atoms with Crippen molar-refractivity contribution in [1.82, 2.24) is 15.5 Å². The minimum absolute atomic E-state index is 0.0419. The Morgan fingerprint density at radius 1 is 1.14 bits per heavy atom. The Balaban J connectivity index is 1.31. The summed E-state index contributed by atoms with van der Waals surface area (Å²) in [6, 6.07) is 11.0. The van der Waals surface area contributed by atoms with E-state index in [-0.39, 0.29) is 35.0 Å². The Kier molecular flexibility index (Phi) is 6.39. The van der Waals surface area contributed by atoms with E-state index in [9.17, 15) is 13.6 Å². The van der Waals surface area contributed by atoms with Crippen molar-refractivity contribution >= 4 is 29.3 Å². The lowest BCUT2D eigenvalue weighted by Crippen LogP contribution is -2.64. The first-order valence-electron chi connectivity index (χ1n) is 9.57. The number of fused-ring (bicyclic) bond motifs is 1. The van der Waals surface area contributed by atoms with Crippen LogP contribution in [-0.2, 0) is 17.1 Å². The topological polar surface area (TPSA) is 44.4 Å². The minimum atomic E-state index is -0.358.